The van der Waals surface area contributed by atoms with Crippen LogP contribution in [-0.2, 0) is 28.5 Å². The lowest BCUT2D eigenvalue weighted by Gasteiger charge is -2.20. The van der Waals surface area contributed by atoms with Crippen LogP contribution >= 0.6 is 12.6 Å². The number of esters is 2. The molecule has 0 heterocycles. The molecule has 0 atom stereocenters. The van der Waals surface area contributed by atoms with Gasteiger partial charge in [-0.05, 0) is 0 Å². The van der Waals surface area contributed by atoms with E-state index in [1.54, 1.807) is 14.2 Å². The van der Waals surface area contributed by atoms with Crippen LogP contribution < -0.4 is 0 Å². The minimum absolute atomic E-state index is 0.258. The van der Waals surface area contributed by atoms with E-state index in [4.69, 9.17) is 18.9 Å². The number of rotatable bonds is 14. The first-order chi connectivity index (χ1) is 10.6. The number of nitrogens with zero attached hydrogens (tertiary/aromatic N) is 1. The Kier molecular flexibility index (Phi) is 14.5. The summed E-state index contributed by atoms with van der Waals surface area (Å²) in [5, 5.41) is 0. The number of hydrogen-bond donors (Lipinski definition) is 1. The standard InChI is InChI=1S/C14H27NO6S/c1-18-8-10-20-13(16)3-5-15(7-12-22)6-4-14(17)21-11-9-19-2/h22H,3-12H2,1-2H3. The van der Waals surface area contributed by atoms with Crippen LogP contribution in [0.5, 0.6) is 0 Å². The molecule has 0 saturated heterocycles. The van der Waals surface area contributed by atoms with Gasteiger partial charge in [-0.2, -0.15) is 12.6 Å². The highest BCUT2D eigenvalue weighted by atomic mass is 32.1. The Balaban J connectivity index is 3.89. The molecule has 0 saturated carbocycles. The second-order valence-electron chi connectivity index (χ2n) is 4.49. The molecular weight excluding hydrogens is 310 g/mol. The second-order valence-corrected chi connectivity index (χ2v) is 4.94. The van der Waals surface area contributed by atoms with Gasteiger partial charge in [-0.25, -0.2) is 0 Å². The molecule has 22 heavy (non-hydrogen) atoms. The fraction of sp³-hybridized carbons (Fsp3) is 0.857. The van der Waals surface area contributed by atoms with Crippen molar-refractivity contribution in [2.24, 2.45) is 0 Å². The maximum absolute atomic E-state index is 11.5. The summed E-state index contributed by atoms with van der Waals surface area (Å²) in [6.07, 6.45) is 0.548. The number of carbonyl (C=O) groups is 2. The number of hydrogen-bond acceptors (Lipinski definition) is 8. The molecule has 0 aliphatic rings. The van der Waals surface area contributed by atoms with E-state index in [0.717, 1.165) is 0 Å². The summed E-state index contributed by atoms with van der Waals surface area (Å²) < 4.78 is 19.6. The lowest BCUT2D eigenvalue weighted by atomic mass is 10.3. The smallest absolute Gasteiger partial charge is 0.307 e. The third-order valence-electron chi connectivity index (χ3n) is 2.78. The van der Waals surface area contributed by atoms with Crippen LogP contribution in [0.25, 0.3) is 0 Å². The van der Waals surface area contributed by atoms with Gasteiger partial charge in [0, 0.05) is 39.6 Å². The maximum atomic E-state index is 11.5. The second kappa shape index (κ2) is 15.1. The Morgan fingerprint density at radius 2 is 1.27 bits per heavy atom. The van der Waals surface area contributed by atoms with E-state index < -0.39 is 0 Å². The molecule has 0 bridgehead atoms. The average molecular weight is 337 g/mol. The molecular formula is C14H27NO6S. The van der Waals surface area contributed by atoms with Gasteiger partial charge >= 0.3 is 11.9 Å². The number of ether oxygens (including phenoxy) is 4. The zero-order valence-corrected chi connectivity index (χ0v) is 14.3. The van der Waals surface area contributed by atoms with Crippen molar-refractivity contribution in [2.75, 3.05) is 66.0 Å². The highest BCUT2D eigenvalue weighted by Crippen LogP contribution is 1.99. The van der Waals surface area contributed by atoms with E-state index >= 15 is 0 Å². The van der Waals surface area contributed by atoms with E-state index in [-0.39, 0.29) is 38.0 Å². The van der Waals surface area contributed by atoms with Crippen molar-refractivity contribution in [2.45, 2.75) is 12.8 Å². The van der Waals surface area contributed by atoms with Crippen molar-refractivity contribution in [1.82, 2.24) is 4.90 Å². The molecule has 0 spiro atoms. The van der Waals surface area contributed by atoms with Gasteiger partial charge in [0.15, 0.2) is 0 Å². The first kappa shape index (κ1) is 21.2. The molecule has 0 rings (SSSR count). The van der Waals surface area contributed by atoms with E-state index in [1.165, 1.54) is 0 Å². The van der Waals surface area contributed by atoms with Crippen LogP contribution in [0.1, 0.15) is 12.8 Å². The van der Waals surface area contributed by atoms with Crippen LogP contribution in [0.3, 0.4) is 0 Å². The third-order valence-corrected chi connectivity index (χ3v) is 2.98. The summed E-state index contributed by atoms with van der Waals surface area (Å²) >= 11 is 4.18. The summed E-state index contributed by atoms with van der Waals surface area (Å²) in [5.41, 5.74) is 0. The van der Waals surface area contributed by atoms with Crippen molar-refractivity contribution >= 4 is 24.6 Å². The predicted octanol–water partition coefficient (Wildman–Crippen LogP) is 0.378. The van der Waals surface area contributed by atoms with Crippen LogP contribution in [-0.4, -0.2) is 82.9 Å². The molecule has 0 radical (unpaired) electrons. The van der Waals surface area contributed by atoms with Gasteiger partial charge in [0.1, 0.15) is 13.2 Å². The zero-order chi connectivity index (χ0) is 16.6. The quantitative estimate of drug-likeness (QED) is 0.279. The summed E-state index contributed by atoms with van der Waals surface area (Å²) in [6, 6.07) is 0. The Morgan fingerprint density at radius 1 is 0.818 bits per heavy atom. The van der Waals surface area contributed by atoms with E-state index in [0.29, 0.717) is 38.6 Å². The predicted molar refractivity (Wildman–Crippen MR) is 85.2 cm³/mol. The molecule has 130 valence electrons. The molecule has 0 aromatic rings. The third kappa shape index (κ3) is 12.9. The van der Waals surface area contributed by atoms with Crippen LogP contribution in [0.15, 0.2) is 0 Å². The summed E-state index contributed by atoms with van der Waals surface area (Å²) in [6.45, 7) is 3.04. The Labute approximate surface area is 137 Å². The average Bonchev–Trinajstić information content (AvgIpc) is 2.50. The molecule has 8 heteroatoms. The molecule has 0 aliphatic heterocycles. The molecule has 0 amide bonds. The van der Waals surface area contributed by atoms with E-state index in [9.17, 15) is 9.59 Å². The molecule has 0 fully saturated rings. The highest BCUT2D eigenvalue weighted by Gasteiger charge is 2.11. The van der Waals surface area contributed by atoms with E-state index in [2.05, 4.69) is 12.6 Å². The Hall–Kier alpha value is -0.830. The fourth-order valence-corrected chi connectivity index (χ4v) is 1.88. The number of methoxy groups -OCH3 is 2. The van der Waals surface area contributed by atoms with Crippen molar-refractivity contribution in [3.63, 3.8) is 0 Å². The summed E-state index contributed by atoms with van der Waals surface area (Å²) in [4.78, 5) is 25.0. The summed E-state index contributed by atoms with van der Waals surface area (Å²) in [7, 11) is 3.10. The van der Waals surface area contributed by atoms with Gasteiger partial charge < -0.3 is 23.8 Å². The van der Waals surface area contributed by atoms with Gasteiger partial charge in [-0.15, -0.1) is 0 Å². The molecule has 0 aromatic heterocycles. The lowest BCUT2D eigenvalue weighted by Crippen LogP contribution is -2.31. The zero-order valence-electron chi connectivity index (χ0n) is 13.4. The molecule has 0 N–H and O–H groups in total. The maximum Gasteiger partial charge on any atom is 0.307 e. The van der Waals surface area contributed by atoms with Crippen LogP contribution in [0.4, 0.5) is 0 Å². The van der Waals surface area contributed by atoms with Gasteiger partial charge in [0.25, 0.3) is 0 Å². The lowest BCUT2D eigenvalue weighted by molar-refractivity contribution is -0.145. The van der Waals surface area contributed by atoms with Crippen molar-refractivity contribution < 1.29 is 28.5 Å². The van der Waals surface area contributed by atoms with E-state index in [1.807, 2.05) is 4.90 Å². The summed E-state index contributed by atoms with van der Waals surface area (Å²) in [5.74, 6) is 0.102. The van der Waals surface area contributed by atoms with Crippen molar-refractivity contribution in [3.8, 4) is 0 Å². The van der Waals surface area contributed by atoms with Gasteiger partial charge in [-0.1, -0.05) is 0 Å². The Bertz CT molecular complexity index is 277. The van der Waals surface area contributed by atoms with Crippen molar-refractivity contribution in [1.29, 1.82) is 0 Å². The number of thiol groups is 1. The normalized spacial score (nSPS) is 10.7. The molecule has 0 aromatic carbocycles. The first-order valence-electron chi connectivity index (χ1n) is 7.26. The molecule has 7 nitrogen and oxygen atoms in total. The molecule has 0 unspecified atom stereocenters. The first-order valence-corrected chi connectivity index (χ1v) is 7.89. The SMILES string of the molecule is COCCOC(=O)CCN(CCS)CCC(=O)OCCOC. The van der Waals surface area contributed by atoms with Gasteiger partial charge in [-0.3, -0.25) is 9.59 Å². The monoisotopic (exact) mass is 337 g/mol. The minimum atomic E-state index is -0.274. The topological polar surface area (TPSA) is 74.3 Å². The van der Waals surface area contributed by atoms with Crippen LogP contribution in [0.2, 0.25) is 0 Å². The Morgan fingerprint density at radius 3 is 1.64 bits per heavy atom. The van der Waals surface area contributed by atoms with Crippen molar-refractivity contribution in [3.05, 3.63) is 0 Å². The van der Waals surface area contributed by atoms with Gasteiger partial charge in [0.2, 0.25) is 0 Å². The number of carbonyl (C=O) groups excluding carboxylic acids is 2. The van der Waals surface area contributed by atoms with Crippen LogP contribution in [0, 0.1) is 0 Å². The largest absolute Gasteiger partial charge is 0.463 e. The fourth-order valence-electron chi connectivity index (χ4n) is 1.60. The minimum Gasteiger partial charge on any atom is -0.463 e. The molecule has 0 aliphatic carbocycles. The highest BCUT2D eigenvalue weighted by molar-refractivity contribution is 7.80. The van der Waals surface area contributed by atoms with Gasteiger partial charge in [0.05, 0.1) is 26.1 Å².